The fourth-order valence-corrected chi connectivity index (χ4v) is 1.90. The molecule has 1 unspecified atom stereocenters. The van der Waals surface area contributed by atoms with E-state index in [0.29, 0.717) is 0 Å². The van der Waals surface area contributed by atoms with Crippen molar-refractivity contribution >= 4 is 0 Å². The van der Waals surface area contributed by atoms with E-state index >= 15 is 0 Å². The van der Waals surface area contributed by atoms with Gasteiger partial charge in [-0.3, -0.25) is 0 Å². The van der Waals surface area contributed by atoms with Gasteiger partial charge in [0, 0.05) is 0 Å². The molecule has 1 atom stereocenters. The molecule has 0 aliphatic rings. The molecule has 1 aromatic rings. The summed E-state index contributed by atoms with van der Waals surface area (Å²) >= 11 is 0. The molecule has 1 aromatic carbocycles. The number of rotatable bonds is 2. The molecule has 0 heterocycles. The monoisotopic (exact) mass is 222 g/mol. The molecule has 2 heteroatoms. The van der Waals surface area contributed by atoms with Gasteiger partial charge in [0.15, 0.2) is 0 Å². The molecule has 0 amide bonds. The molecular weight excluding hydrogens is 200 g/mol. The van der Waals surface area contributed by atoms with E-state index in [2.05, 4.69) is 26.8 Å². The first kappa shape index (κ1) is 13.0. The highest BCUT2D eigenvalue weighted by Crippen LogP contribution is 2.35. The normalized spacial score (nSPS) is 13.7. The number of ether oxygens (including phenoxy) is 1. The summed E-state index contributed by atoms with van der Waals surface area (Å²) in [5.41, 5.74) is 3.20. The van der Waals surface area contributed by atoms with E-state index in [9.17, 15) is 5.11 Å². The molecule has 0 bridgehead atoms. The van der Waals surface area contributed by atoms with Gasteiger partial charge in [0.05, 0.1) is 13.2 Å². The van der Waals surface area contributed by atoms with Crippen molar-refractivity contribution in [2.45, 2.75) is 46.1 Å². The van der Waals surface area contributed by atoms with Gasteiger partial charge in [0.2, 0.25) is 0 Å². The van der Waals surface area contributed by atoms with Gasteiger partial charge in [0.1, 0.15) is 5.75 Å². The van der Waals surface area contributed by atoms with Gasteiger partial charge in [-0.2, -0.15) is 0 Å². The molecule has 2 nitrogen and oxygen atoms in total. The second-order valence-electron chi connectivity index (χ2n) is 5.34. The Labute approximate surface area is 98.3 Å². The summed E-state index contributed by atoms with van der Waals surface area (Å²) in [6.07, 6.45) is -0.438. The van der Waals surface area contributed by atoms with Crippen LogP contribution < -0.4 is 4.74 Å². The van der Waals surface area contributed by atoms with E-state index in [0.717, 1.165) is 22.4 Å². The first-order valence-corrected chi connectivity index (χ1v) is 5.64. The van der Waals surface area contributed by atoms with Crippen LogP contribution in [0.1, 0.15) is 50.5 Å². The van der Waals surface area contributed by atoms with Gasteiger partial charge in [-0.15, -0.1) is 0 Å². The van der Waals surface area contributed by atoms with Crippen molar-refractivity contribution in [2.75, 3.05) is 7.11 Å². The molecule has 0 aliphatic heterocycles. The van der Waals surface area contributed by atoms with Crippen LogP contribution >= 0.6 is 0 Å². The Morgan fingerprint density at radius 2 is 1.81 bits per heavy atom. The molecule has 0 saturated heterocycles. The van der Waals surface area contributed by atoms with E-state index in [4.69, 9.17) is 4.74 Å². The van der Waals surface area contributed by atoms with E-state index in [1.807, 2.05) is 13.0 Å². The fourth-order valence-electron chi connectivity index (χ4n) is 1.90. The van der Waals surface area contributed by atoms with Crippen molar-refractivity contribution in [3.63, 3.8) is 0 Å². The van der Waals surface area contributed by atoms with Gasteiger partial charge in [0.25, 0.3) is 0 Å². The highest BCUT2D eigenvalue weighted by atomic mass is 16.5. The maximum absolute atomic E-state index is 9.72. The Morgan fingerprint density at radius 3 is 2.19 bits per heavy atom. The summed E-state index contributed by atoms with van der Waals surface area (Å²) in [7, 11) is 1.69. The predicted molar refractivity (Wildman–Crippen MR) is 67.1 cm³/mol. The molecule has 0 saturated carbocycles. The zero-order valence-corrected chi connectivity index (χ0v) is 11.1. The second-order valence-corrected chi connectivity index (χ2v) is 5.34. The van der Waals surface area contributed by atoms with Crippen LogP contribution in [0.2, 0.25) is 0 Å². The fraction of sp³-hybridized carbons (Fsp3) is 0.571. The predicted octanol–water partition coefficient (Wildman–Crippen LogP) is 3.35. The molecule has 0 fully saturated rings. The summed E-state index contributed by atoms with van der Waals surface area (Å²) in [5.74, 6) is 0.898. The summed E-state index contributed by atoms with van der Waals surface area (Å²) in [5, 5.41) is 9.72. The molecule has 0 spiro atoms. The molecular formula is C14H22O2. The van der Waals surface area contributed by atoms with E-state index in [-0.39, 0.29) is 5.41 Å². The third-order valence-corrected chi connectivity index (χ3v) is 2.85. The molecule has 0 aliphatic carbocycles. The third kappa shape index (κ3) is 2.56. The van der Waals surface area contributed by atoms with Crippen LogP contribution in [0.5, 0.6) is 5.75 Å². The molecule has 1 N–H and O–H groups in total. The van der Waals surface area contributed by atoms with E-state index < -0.39 is 6.10 Å². The summed E-state index contributed by atoms with van der Waals surface area (Å²) < 4.78 is 5.41. The van der Waals surface area contributed by atoms with Crippen molar-refractivity contribution in [3.8, 4) is 5.75 Å². The van der Waals surface area contributed by atoms with Crippen molar-refractivity contribution < 1.29 is 9.84 Å². The van der Waals surface area contributed by atoms with Gasteiger partial charge >= 0.3 is 0 Å². The smallest absolute Gasteiger partial charge is 0.122 e. The standard InChI is InChI=1S/C14H22O2/c1-9-7-13(16-6)12(14(3,4)5)8-11(9)10(2)15/h7-8,10,15H,1-6H3. The summed E-state index contributed by atoms with van der Waals surface area (Å²) in [6.45, 7) is 10.2. The average molecular weight is 222 g/mol. The number of aryl methyl sites for hydroxylation is 1. The Kier molecular flexibility index (Phi) is 3.64. The molecule has 0 aromatic heterocycles. The zero-order valence-electron chi connectivity index (χ0n) is 11.1. The van der Waals surface area contributed by atoms with E-state index in [1.54, 1.807) is 14.0 Å². The minimum Gasteiger partial charge on any atom is -0.496 e. The number of hydrogen-bond donors (Lipinski definition) is 1. The second kappa shape index (κ2) is 4.46. The average Bonchev–Trinajstić information content (AvgIpc) is 2.14. The lowest BCUT2D eigenvalue weighted by Crippen LogP contribution is -2.14. The first-order valence-electron chi connectivity index (χ1n) is 5.64. The Morgan fingerprint density at radius 1 is 1.25 bits per heavy atom. The van der Waals surface area contributed by atoms with E-state index in [1.165, 1.54) is 0 Å². The van der Waals surface area contributed by atoms with Gasteiger partial charge in [-0.1, -0.05) is 20.8 Å². The van der Waals surface area contributed by atoms with Gasteiger partial charge < -0.3 is 9.84 Å². The van der Waals surface area contributed by atoms with Crippen molar-refractivity contribution in [1.82, 2.24) is 0 Å². The van der Waals surface area contributed by atoms with Crippen LogP contribution in [0.4, 0.5) is 0 Å². The lowest BCUT2D eigenvalue weighted by atomic mass is 9.84. The van der Waals surface area contributed by atoms with Crippen LogP contribution in [0.3, 0.4) is 0 Å². The SMILES string of the molecule is COc1cc(C)c(C(C)O)cc1C(C)(C)C. The minimum atomic E-state index is -0.438. The molecule has 0 radical (unpaired) electrons. The summed E-state index contributed by atoms with van der Waals surface area (Å²) in [6, 6.07) is 4.06. The lowest BCUT2D eigenvalue weighted by Gasteiger charge is -2.24. The van der Waals surface area contributed by atoms with Crippen LogP contribution in [-0.2, 0) is 5.41 Å². The first-order chi connectivity index (χ1) is 7.27. The van der Waals surface area contributed by atoms with Crippen LogP contribution in [0, 0.1) is 6.92 Å². The maximum atomic E-state index is 9.72. The highest BCUT2D eigenvalue weighted by Gasteiger charge is 2.21. The van der Waals surface area contributed by atoms with Crippen molar-refractivity contribution in [2.24, 2.45) is 0 Å². The van der Waals surface area contributed by atoms with Gasteiger partial charge in [-0.05, 0) is 48.1 Å². The maximum Gasteiger partial charge on any atom is 0.122 e. The largest absolute Gasteiger partial charge is 0.496 e. The number of benzene rings is 1. The quantitative estimate of drug-likeness (QED) is 0.831. The number of methoxy groups -OCH3 is 1. The lowest BCUT2D eigenvalue weighted by molar-refractivity contribution is 0.198. The minimum absolute atomic E-state index is 0.0166. The number of aliphatic hydroxyl groups is 1. The molecule has 16 heavy (non-hydrogen) atoms. The van der Waals surface area contributed by atoms with Crippen LogP contribution in [0.15, 0.2) is 12.1 Å². The highest BCUT2D eigenvalue weighted by molar-refractivity contribution is 5.46. The van der Waals surface area contributed by atoms with Crippen LogP contribution in [-0.4, -0.2) is 12.2 Å². The summed E-state index contributed by atoms with van der Waals surface area (Å²) in [4.78, 5) is 0. The Bertz CT molecular complexity index is 373. The van der Waals surface area contributed by atoms with Crippen LogP contribution in [0.25, 0.3) is 0 Å². The molecule has 90 valence electrons. The number of aliphatic hydroxyl groups excluding tert-OH is 1. The topological polar surface area (TPSA) is 29.5 Å². The van der Waals surface area contributed by atoms with Crippen molar-refractivity contribution in [3.05, 3.63) is 28.8 Å². The zero-order chi connectivity index (χ0) is 12.5. The van der Waals surface area contributed by atoms with Crippen molar-refractivity contribution in [1.29, 1.82) is 0 Å². The Balaban J connectivity index is 3.41. The third-order valence-electron chi connectivity index (χ3n) is 2.85. The molecule has 1 rings (SSSR count). The number of hydrogen-bond acceptors (Lipinski definition) is 2. The Hall–Kier alpha value is -1.02. The van der Waals surface area contributed by atoms with Gasteiger partial charge in [-0.25, -0.2) is 0 Å².